The molecule has 31 heavy (non-hydrogen) atoms. The highest BCUT2D eigenvalue weighted by Gasteiger charge is 2.25. The number of amides is 2. The fourth-order valence-electron chi connectivity index (χ4n) is 3.04. The van der Waals surface area contributed by atoms with Crippen LogP contribution in [0.3, 0.4) is 0 Å². The maximum atomic E-state index is 13.0. The molecule has 0 unspecified atom stereocenters. The molecule has 6 nitrogen and oxygen atoms in total. The number of carbonyl (C=O) groups excluding carboxylic acids is 2. The van der Waals surface area contributed by atoms with Crippen LogP contribution in [0.5, 0.6) is 11.5 Å². The fraction of sp³-hybridized carbons (Fsp3) is 0.440. The van der Waals surface area contributed by atoms with E-state index in [1.54, 1.807) is 18.9 Å². The molecule has 0 saturated heterocycles. The summed E-state index contributed by atoms with van der Waals surface area (Å²) in [5.41, 5.74) is 0.943. The standard InChI is InChI=1S/C25H34N2O4/c1-19(2)17-26-25(29)20(3)27(18-21-12-14-22(30-4)15-13-21)24(28)11-8-16-31-23-9-6-5-7-10-23/h5-7,9-10,12-15,19-20H,8,11,16-18H2,1-4H3,(H,26,29)/t20-/m1/s1. The van der Waals surface area contributed by atoms with Crippen molar-refractivity contribution >= 4 is 11.8 Å². The van der Waals surface area contributed by atoms with Gasteiger partial charge in [-0.2, -0.15) is 0 Å². The second-order valence-electron chi connectivity index (χ2n) is 7.95. The molecule has 1 atom stereocenters. The predicted molar refractivity (Wildman–Crippen MR) is 122 cm³/mol. The summed E-state index contributed by atoms with van der Waals surface area (Å²) in [7, 11) is 1.61. The molecule has 0 saturated carbocycles. The van der Waals surface area contributed by atoms with Crippen molar-refractivity contribution in [2.24, 2.45) is 5.92 Å². The largest absolute Gasteiger partial charge is 0.497 e. The quantitative estimate of drug-likeness (QED) is 0.520. The van der Waals surface area contributed by atoms with Gasteiger partial charge >= 0.3 is 0 Å². The normalized spacial score (nSPS) is 11.6. The zero-order valence-corrected chi connectivity index (χ0v) is 19.0. The van der Waals surface area contributed by atoms with E-state index in [0.29, 0.717) is 38.5 Å². The molecule has 2 rings (SSSR count). The van der Waals surface area contributed by atoms with Gasteiger partial charge in [0.2, 0.25) is 11.8 Å². The molecular formula is C25H34N2O4. The number of carbonyl (C=O) groups is 2. The minimum atomic E-state index is -0.566. The number of hydrogen-bond donors (Lipinski definition) is 1. The number of hydrogen-bond acceptors (Lipinski definition) is 4. The van der Waals surface area contributed by atoms with Gasteiger partial charge in [0.05, 0.1) is 13.7 Å². The van der Waals surface area contributed by atoms with E-state index in [-0.39, 0.29) is 11.8 Å². The van der Waals surface area contributed by atoms with Gasteiger partial charge in [0.15, 0.2) is 0 Å². The number of benzene rings is 2. The first-order valence-corrected chi connectivity index (χ1v) is 10.8. The second kappa shape index (κ2) is 12.6. The van der Waals surface area contributed by atoms with Crippen LogP contribution in [0.15, 0.2) is 54.6 Å². The molecule has 1 N–H and O–H groups in total. The van der Waals surface area contributed by atoms with Crippen molar-refractivity contribution in [2.75, 3.05) is 20.3 Å². The second-order valence-corrected chi connectivity index (χ2v) is 7.95. The van der Waals surface area contributed by atoms with E-state index in [1.165, 1.54) is 0 Å². The van der Waals surface area contributed by atoms with E-state index in [9.17, 15) is 9.59 Å². The Morgan fingerprint density at radius 1 is 0.968 bits per heavy atom. The number of para-hydroxylation sites is 1. The molecule has 0 aliphatic carbocycles. The third-order valence-corrected chi connectivity index (χ3v) is 4.91. The summed E-state index contributed by atoms with van der Waals surface area (Å²) in [6.07, 6.45) is 0.887. The number of rotatable bonds is 12. The molecule has 2 amide bonds. The Kier molecular flexibility index (Phi) is 9.88. The highest BCUT2D eigenvalue weighted by Crippen LogP contribution is 2.16. The fourth-order valence-corrected chi connectivity index (χ4v) is 3.04. The van der Waals surface area contributed by atoms with Crippen molar-refractivity contribution in [1.29, 1.82) is 0 Å². The number of nitrogens with zero attached hydrogens (tertiary/aromatic N) is 1. The minimum Gasteiger partial charge on any atom is -0.497 e. The van der Waals surface area contributed by atoms with Crippen molar-refractivity contribution in [3.8, 4) is 11.5 Å². The Morgan fingerprint density at radius 2 is 1.65 bits per heavy atom. The summed E-state index contributed by atoms with van der Waals surface area (Å²) in [5.74, 6) is 1.67. The van der Waals surface area contributed by atoms with E-state index in [1.807, 2.05) is 68.4 Å². The molecule has 6 heteroatoms. The van der Waals surface area contributed by atoms with Crippen LogP contribution in [0.2, 0.25) is 0 Å². The van der Waals surface area contributed by atoms with E-state index in [2.05, 4.69) is 5.32 Å². The lowest BCUT2D eigenvalue weighted by atomic mass is 10.1. The van der Waals surface area contributed by atoms with Crippen LogP contribution in [-0.4, -0.2) is 43.0 Å². The molecule has 2 aromatic carbocycles. The summed E-state index contributed by atoms with van der Waals surface area (Å²) in [4.78, 5) is 27.3. The first kappa shape index (κ1) is 24.3. The highest BCUT2D eigenvalue weighted by atomic mass is 16.5. The number of ether oxygens (including phenoxy) is 2. The molecule has 168 valence electrons. The molecule has 0 radical (unpaired) electrons. The van der Waals surface area contributed by atoms with E-state index < -0.39 is 6.04 Å². The average molecular weight is 427 g/mol. The van der Waals surface area contributed by atoms with Crippen LogP contribution in [0.4, 0.5) is 0 Å². The summed E-state index contributed by atoms with van der Waals surface area (Å²) in [5, 5.41) is 2.93. The lowest BCUT2D eigenvalue weighted by Gasteiger charge is -2.29. The monoisotopic (exact) mass is 426 g/mol. The van der Waals surface area contributed by atoms with Gasteiger partial charge < -0.3 is 19.7 Å². The van der Waals surface area contributed by atoms with Crippen LogP contribution >= 0.6 is 0 Å². The molecule has 0 aromatic heterocycles. The third kappa shape index (κ3) is 8.32. The molecule has 0 aliphatic rings. The predicted octanol–water partition coefficient (Wildman–Crippen LogP) is 4.04. The summed E-state index contributed by atoms with van der Waals surface area (Å²) >= 11 is 0. The zero-order chi connectivity index (χ0) is 22.6. The van der Waals surface area contributed by atoms with Gasteiger partial charge in [-0.25, -0.2) is 0 Å². The van der Waals surface area contributed by atoms with Crippen molar-refractivity contribution in [3.05, 3.63) is 60.2 Å². The van der Waals surface area contributed by atoms with Crippen molar-refractivity contribution in [3.63, 3.8) is 0 Å². The smallest absolute Gasteiger partial charge is 0.242 e. The maximum absolute atomic E-state index is 13.0. The SMILES string of the molecule is COc1ccc(CN(C(=O)CCCOc2ccccc2)[C@H](C)C(=O)NCC(C)C)cc1. The van der Waals surface area contributed by atoms with Gasteiger partial charge in [0, 0.05) is 19.5 Å². The van der Waals surface area contributed by atoms with Gasteiger partial charge in [-0.1, -0.05) is 44.2 Å². The number of nitrogens with one attached hydrogen (secondary N) is 1. The summed E-state index contributed by atoms with van der Waals surface area (Å²) in [6, 6.07) is 16.5. The van der Waals surface area contributed by atoms with Gasteiger partial charge in [0.1, 0.15) is 17.5 Å². The van der Waals surface area contributed by atoms with Gasteiger partial charge in [0.25, 0.3) is 0 Å². The molecule has 0 heterocycles. The Bertz CT molecular complexity index is 806. The van der Waals surface area contributed by atoms with Crippen LogP contribution in [-0.2, 0) is 16.1 Å². The van der Waals surface area contributed by atoms with Crippen molar-refractivity contribution in [2.45, 2.75) is 46.2 Å². The lowest BCUT2D eigenvalue weighted by molar-refractivity contribution is -0.140. The average Bonchev–Trinajstić information content (AvgIpc) is 2.79. The Balaban J connectivity index is 2.00. The molecule has 0 spiro atoms. The van der Waals surface area contributed by atoms with Crippen LogP contribution in [0.1, 0.15) is 39.2 Å². The third-order valence-electron chi connectivity index (χ3n) is 4.91. The summed E-state index contributed by atoms with van der Waals surface area (Å²) < 4.78 is 10.9. The van der Waals surface area contributed by atoms with Gasteiger partial charge in [-0.3, -0.25) is 9.59 Å². The van der Waals surface area contributed by atoms with Crippen LogP contribution in [0.25, 0.3) is 0 Å². The Hall–Kier alpha value is -3.02. The number of methoxy groups -OCH3 is 1. The van der Waals surface area contributed by atoms with Gasteiger partial charge in [-0.15, -0.1) is 0 Å². The minimum absolute atomic E-state index is 0.0697. The topological polar surface area (TPSA) is 67.9 Å². The van der Waals surface area contributed by atoms with E-state index >= 15 is 0 Å². The van der Waals surface area contributed by atoms with E-state index in [0.717, 1.165) is 17.1 Å². The summed E-state index contributed by atoms with van der Waals surface area (Å²) in [6.45, 7) is 7.24. The lowest BCUT2D eigenvalue weighted by Crippen LogP contribution is -2.48. The Labute approximate surface area is 185 Å². The zero-order valence-electron chi connectivity index (χ0n) is 19.0. The molecule has 0 fully saturated rings. The molecular weight excluding hydrogens is 392 g/mol. The molecule has 2 aromatic rings. The maximum Gasteiger partial charge on any atom is 0.242 e. The van der Waals surface area contributed by atoms with E-state index in [4.69, 9.17) is 9.47 Å². The van der Waals surface area contributed by atoms with Crippen molar-refractivity contribution < 1.29 is 19.1 Å². The highest BCUT2D eigenvalue weighted by molar-refractivity contribution is 5.87. The molecule has 0 bridgehead atoms. The van der Waals surface area contributed by atoms with Crippen molar-refractivity contribution in [1.82, 2.24) is 10.2 Å². The van der Waals surface area contributed by atoms with Crippen LogP contribution in [0, 0.1) is 5.92 Å². The Morgan fingerprint density at radius 3 is 2.26 bits per heavy atom. The first-order valence-electron chi connectivity index (χ1n) is 10.8. The molecule has 0 aliphatic heterocycles. The van der Waals surface area contributed by atoms with Crippen LogP contribution < -0.4 is 14.8 Å². The van der Waals surface area contributed by atoms with Gasteiger partial charge in [-0.05, 0) is 49.1 Å². The first-order chi connectivity index (χ1) is 14.9.